The number of guanidine groups is 1. The van der Waals surface area contributed by atoms with Gasteiger partial charge in [0.25, 0.3) is 0 Å². The van der Waals surface area contributed by atoms with Crippen molar-refractivity contribution < 1.29 is 4.39 Å². The zero-order chi connectivity index (χ0) is 16.9. The molecule has 3 rings (SSSR count). The van der Waals surface area contributed by atoms with Gasteiger partial charge in [0.1, 0.15) is 5.82 Å². The Balaban J connectivity index is 0.00000225. The fraction of sp³-hybridized carbons (Fsp3) is 0.294. The van der Waals surface area contributed by atoms with Gasteiger partial charge in [-0.05, 0) is 24.6 Å². The minimum absolute atomic E-state index is 0. The third kappa shape index (κ3) is 5.15. The standard InChI is InChI=1S/C17H20FN5S.HI/c1-3-19-16(22(2)11-13-5-4-6-14(18)9-13)20-10-15-12-23-7-8-24-17(23)21-15;/h4-9,12H,3,10-11H2,1-2H3,(H,19,20);1H. The highest BCUT2D eigenvalue weighted by molar-refractivity contribution is 14.0. The molecule has 3 aromatic rings. The third-order valence-corrected chi connectivity index (χ3v) is 4.31. The molecular weight excluding hydrogens is 452 g/mol. The number of aliphatic imine (C=N–C) groups is 1. The fourth-order valence-corrected chi connectivity index (χ4v) is 3.18. The molecule has 0 aliphatic carbocycles. The molecule has 0 fully saturated rings. The van der Waals surface area contributed by atoms with Crippen LogP contribution in [0.4, 0.5) is 4.39 Å². The largest absolute Gasteiger partial charge is 0.357 e. The molecule has 0 amide bonds. The van der Waals surface area contributed by atoms with E-state index in [1.54, 1.807) is 23.5 Å². The van der Waals surface area contributed by atoms with E-state index >= 15 is 0 Å². The first-order chi connectivity index (χ1) is 11.7. The molecule has 1 aromatic carbocycles. The summed E-state index contributed by atoms with van der Waals surface area (Å²) in [6.45, 7) is 3.88. The molecule has 0 bridgehead atoms. The van der Waals surface area contributed by atoms with Crippen molar-refractivity contribution in [3.8, 4) is 0 Å². The SMILES string of the molecule is CCNC(=NCc1cn2ccsc2n1)N(C)Cc1cccc(F)c1.I. The molecule has 0 spiro atoms. The van der Waals surface area contributed by atoms with Gasteiger partial charge in [0.2, 0.25) is 0 Å². The quantitative estimate of drug-likeness (QED) is 0.349. The third-order valence-electron chi connectivity index (χ3n) is 3.54. The van der Waals surface area contributed by atoms with Gasteiger partial charge in [-0.3, -0.25) is 4.40 Å². The number of nitrogens with one attached hydrogen (secondary N) is 1. The normalized spacial score (nSPS) is 11.4. The van der Waals surface area contributed by atoms with Gasteiger partial charge in [0.05, 0.1) is 12.2 Å². The van der Waals surface area contributed by atoms with E-state index in [4.69, 9.17) is 0 Å². The van der Waals surface area contributed by atoms with E-state index < -0.39 is 0 Å². The van der Waals surface area contributed by atoms with Crippen molar-refractivity contribution in [1.29, 1.82) is 0 Å². The molecule has 0 radical (unpaired) electrons. The Morgan fingerprint density at radius 1 is 1.44 bits per heavy atom. The maximum Gasteiger partial charge on any atom is 0.194 e. The van der Waals surface area contributed by atoms with Crippen LogP contribution in [0.3, 0.4) is 0 Å². The average molecular weight is 473 g/mol. The number of rotatable bonds is 5. The van der Waals surface area contributed by atoms with Gasteiger partial charge >= 0.3 is 0 Å². The van der Waals surface area contributed by atoms with E-state index in [2.05, 4.69) is 15.3 Å². The van der Waals surface area contributed by atoms with Crippen molar-refractivity contribution in [2.75, 3.05) is 13.6 Å². The fourth-order valence-electron chi connectivity index (χ4n) is 2.46. The first kappa shape index (κ1) is 19.6. The maximum absolute atomic E-state index is 13.3. The van der Waals surface area contributed by atoms with Crippen LogP contribution in [0.2, 0.25) is 0 Å². The lowest BCUT2D eigenvalue weighted by Gasteiger charge is -2.22. The topological polar surface area (TPSA) is 44.9 Å². The number of halogens is 2. The predicted octanol–water partition coefficient (Wildman–Crippen LogP) is 3.75. The Morgan fingerprint density at radius 2 is 2.28 bits per heavy atom. The van der Waals surface area contributed by atoms with Crippen molar-refractivity contribution in [2.45, 2.75) is 20.0 Å². The summed E-state index contributed by atoms with van der Waals surface area (Å²) < 4.78 is 15.3. The number of hydrogen-bond donors (Lipinski definition) is 1. The summed E-state index contributed by atoms with van der Waals surface area (Å²) in [6, 6.07) is 6.63. The minimum atomic E-state index is -0.221. The van der Waals surface area contributed by atoms with Crippen LogP contribution in [0.5, 0.6) is 0 Å². The molecule has 134 valence electrons. The highest BCUT2D eigenvalue weighted by atomic mass is 127. The van der Waals surface area contributed by atoms with Crippen molar-refractivity contribution in [1.82, 2.24) is 19.6 Å². The summed E-state index contributed by atoms with van der Waals surface area (Å²) in [5.41, 5.74) is 1.84. The molecule has 0 aliphatic rings. The summed E-state index contributed by atoms with van der Waals surface area (Å²) in [7, 11) is 1.94. The molecule has 2 aromatic heterocycles. The maximum atomic E-state index is 13.3. The number of aromatic nitrogens is 2. The van der Waals surface area contributed by atoms with Gasteiger partial charge in [0, 0.05) is 37.9 Å². The minimum Gasteiger partial charge on any atom is -0.357 e. The van der Waals surface area contributed by atoms with Gasteiger partial charge < -0.3 is 10.2 Å². The molecule has 25 heavy (non-hydrogen) atoms. The highest BCUT2D eigenvalue weighted by Crippen LogP contribution is 2.12. The molecule has 0 saturated carbocycles. The van der Waals surface area contributed by atoms with E-state index in [0.29, 0.717) is 13.1 Å². The predicted molar refractivity (Wildman–Crippen MR) is 111 cm³/mol. The molecule has 1 N–H and O–H groups in total. The second-order valence-electron chi connectivity index (χ2n) is 5.48. The molecule has 0 atom stereocenters. The lowest BCUT2D eigenvalue weighted by Crippen LogP contribution is -2.38. The first-order valence-corrected chi connectivity index (χ1v) is 8.68. The van der Waals surface area contributed by atoms with Gasteiger partial charge in [-0.2, -0.15) is 0 Å². The van der Waals surface area contributed by atoms with Crippen LogP contribution in [0.1, 0.15) is 18.2 Å². The van der Waals surface area contributed by atoms with Crippen LogP contribution in [-0.4, -0.2) is 33.8 Å². The molecule has 8 heteroatoms. The van der Waals surface area contributed by atoms with Crippen LogP contribution in [0.15, 0.2) is 47.0 Å². The van der Waals surface area contributed by atoms with E-state index in [1.165, 1.54) is 6.07 Å². The molecule has 5 nitrogen and oxygen atoms in total. The molecule has 0 unspecified atom stereocenters. The number of nitrogens with zero attached hydrogens (tertiary/aromatic N) is 4. The second-order valence-corrected chi connectivity index (χ2v) is 6.35. The lowest BCUT2D eigenvalue weighted by molar-refractivity contribution is 0.474. The second kappa shape index (κ2) is 9.14. The molecule has 0 saturated heterocycles. The monoisotopic (exact) mass is 473 g/mol. The summed E-state index contributed by atoms with van der Waals surface area (Å²) in [5, 5.41) is 5.27. The van der Waals surface area contributed by atoms with E-state index in [9.17, 15) is 4.39 Å². The van der Waals surface area contributed by atoms with Crippen molar-refractivity contribution in [3.63, 3.8) is 0 Å². The van der Waals surface area contributed by atoms with Gasteiger partial charge in [-0.25, -0.2) is 14.4 Å². The Labute approximate surface area is 167 Å². The Hall–Kier alpha value is -1.68. The number of hydrogen-bond acceptors (Lipinski definition) is 3. The van der Waals surface area contributed by atoms with Crippen LogP contribution < -0.4 is 5.32 Å². The first-order valence-electron chi connectivity index (χ1n) is 7.80. The van der Waals surface area contributed by atoms with E-state index in [-0.39, 0.29) is 29.8 Å². The average Bonchev–Trinajstić information content (AvgIpc) is 3.12. The van der Waals surface area contributed by atoms with Crippen LogP contribution in [0, 0.1) is 5.82 Å². The van der Waals surface area contributed by atoms with Crippen molar-refractivity contribution in [2.24, 2.45) is 4.99 Å². The smallest absolute Gasteiger partial charge is 0.194 e. The number of imidazole rings is 1. The van der Waals surface area contributed by atoms with Gasteiger partial charge in [-0.15, -0.1) is 35.3 Å². The Kier molecular flexibility index (Phi) is 7.18. The Morgan fingerprint density at radius 3 is 3.00 bits per heavy atom. The van der Waals surface area contributed by atoms with Crippen molar-refractivity contribution in [3.05, 3.63) is 59.1 Å². The number of thiazole rings is 1. The summed E-state index contributed by atoms with van der Waals surface area (Å²) in [5.74, 6) is 0.555. The zero-order valence-electron chi connectivity index (χ0n) is 14.1. The summed E-state index contributed by atoms with van der Waals surface area (Å²) >= 11 is 1.60. The summed E-state index contributed by atoms with van der Waals surface area (Å²) in [6.07, 6.45) is 3.98. The summed E-state index contributed by atoms with van der Waals surface area (Å²) in [4.78, 5) is 12.1. The van der Waals surface area contributed by atoms with E-state index in [1.807, 2.05) is 47.1 Å². The molecule has 2 heterocycles. The van der Waals surface area contributed by atoms with Crippen LogP contribution >= 0.6 is 35.3 Å². The Bertz CT molecular complexity index is 816. The molecular formula is C17H21FIN5S. The lowest BCUT2D eigenvalue weighted by atomic mass is 10.2. The van der Waals surface area contributed by atoms with Crippen LogP contribution in [0.25, 0.3) is 4.96 Å². The van der Waals surface area contributed by atoms with Crippen molar-refractivity contribution >= 4 is 46.2 Å². The number of benzene rings is 1. The highest BCUT2D eigenvalue weighted by Gasteiger charge is 2.08. The van der Waals surface area contributed by atoms with Gasteiger partial charge in [0.15, 0.2) is 10.9 Å². The zero-order valence-corrected chi connectivity index (χ0v) is 17.3. The van der Waals surface area contributed by atoms with Crippen LogP contribution in [-0.2, 0) is 13.1 Å². The van der Waals surface area contributed by atoms with E-state index in [0.717, 1.165) is 28.7 Å². The van der Waals surface area contributed by atoms with Gasteiger partial charge in [-0.1, -0.05) is 12.1 Å². The molecule has 0 aliphatic heterocycles. The number of fused-ring (bicyclic) bond motifs is 1.